The lowest BCUT2D eigenvalue weighted by Crippen LogP contribution is -2.13. The fraction of sp³-hybridized carbons (Fsp3) is 0.200. The quantitative estimate of drug-likeness (QED) is 0.923. The third-order valence-electron chi connectivity index (χ3n) is 3.01. The molecule has 0 fully saturated rings. The summed E-state index contributed by atoms with van der Waals surface area (Å²) in [6.45, 7) is 0. The lowest BCUT2D eigenvalue weighted by atomic mass is 9.99. The van der Waals surface area contributed by atoms with Gasteiger partial charge in [-0.2, -0.15) is 0 Å². The van der Waals surface area contributed by atoms with Crippen molar-refractivity contribution in [3.63, 3.8) is 0 Å². The summed E-state index contributed by atoms with van der Waals surface area (Å²) < 4.78 is 0. The Morgan fingerprint density at radius 2 is 1.42 bits per heavy atom. The predicted octanol–water partition coefficient (Wildman–Crippen LogP) is 4.11. The lowest BCUT2D eigenvalue weighted by Gasteiger charge is -2.16. The molecule has 2 rings (SSSR count). The van der Waals surface area contributed by atoms with Gasteiger partial charge in [-0.1, -0.05) is 35.3 Å². The summed E-state index contributed by atoms with van der Waals surface area (Å²) in [5, 5.41) is 1.20. The molecule has 0 spiro atoms. The van der Waals surface area contributed by atoms with Gasteiger partial charge in [-0.25, -0.2) is 0 Å². The minimum atomic E-state index is -0.229. The molecule has 100 valence electrons. The Bertz CT molecular complexity index is 545. The molecular formula is C15H16Cl2N2. The average molecular weight is 295 g/mol. The van der Waals surface area contributed by atoms with Gasteiger partial charge in [0.1, 0.15) is 0 Å². The van der Waals surface area contributed by atoms with E-state index in [4.69, 9.17) is 28.9 Å². The van der Waals surface area contributed by atoms with E-state index >= 15 is 0 Å². The van der Waals surface area contributed by atoms with Gasteiger partial charge in [-0.05, 0) is 41.5 Å². The molecule has 2 nitrogen and oxygen atoms in total. The molecule has 1 unspecified atom stereocenters. The molecule has 0 bridgehead atoms. The minimum Gasteiger partial charge on any atom is -0.378 e. The zero-order valence-corrected chi connectivity index (χ0v) is 12.4. The highest BCUT2D eigenvalue weighted by atomic mass is 35.5. The van der Waals surface area contributed by atoms with Gasteiger partial charge in [0.05, 0.1) is 6.04 Å². The second-order valence-electron chi connectivity index (χ2n) is 4.67. The number of halogens is 2. The molecule has 0 radical (unpaired) electrons. The van der Waals surface area contributed by atoms with Crippen molar-refractivity contribution in [2.75, 3.05) is 19.0 Å². The number of hydrogen-bond donors (Lipinski definition) is 1. The number of hydrogen-bond acceptors (Lipinski definition) is 2. The molecule has 19 heavy (non-hydrogen) atoms. The molecule has 0 heterocycles. The summed E-state index contributed by atoms with van der Waals surface area (Å²) in [5.74, 6) is 0. The highest BCUT2D eigenvalue weighted by Crippen LogP contribution is 2.27. The molecule has 2 aromatic rings. The Morgan fingerprint density at radius 3 is 1.89 bits per heavy atom. The molecule has 0 aromatic heterocycles. The number of nitrogens with two attached hydrogens (primary N) is 1. The second-order valence-corrected chi connectivity index (χ2v) is 5.54. The monoisotopic (exact) mass is 294 g/mol. The van der Waals surface area contributed by atoms with E-state index in [0.29, 0.717) is 10.0 Å². The molecule has 4 heteroatoms. The predicted molar refractivity (Wildman–Crippen MR) is 83.3 cm³/mol. The van der Waals surface area contributed by atoms with Crippen LogP contribution in [0, 0.1) is 0 Å². The van der Waals surface area contributed by atoms with Crippen LogP contribution in [0.25, 0.3) is 0 Å². The normalized spacial score (nSPS) is 12.3. The Labute approximate surface area is 123 Å². The first kappa shape index (κ1) is 14.2. The van der Waals surface area contributed by atoms with E-state index in [2.05, 4.69) is 0 Å². The van der Waals surface area contributed by atoms with Crippen LogP contribution in [0.5, 0.6) is 0 Å². The summed E-state index contributed by atoms with van der Waals surface area (Å²) in [5.41, 5.74) is 9.33. The molecule has 0 aliphatic rings. The Morgan fingerprint density at radius 1 is 0.895 bits per heavy atom. The number of nitrogens with zero attached hydrogens (tertiary/aromatic N) is 1. The zero-order chi connectivity index (χ0) is 14.0. The summed E-state index contributed by atoms with van der Waals surface area (Å²) >= 11 is 12.0. The first-order valence-electron chi connectivity index (χ1n) is 5.96. The maximum Gasteiger partial charge on any atom is 0.0552 e. The van der Waals surface area contributed by atoms with E-state index in [1.54, 1.807) is 6.07 Å². The molecule has 0 saturated carbocycles. The Balaban J connectivity index is 2.30. The van der Waals surface area contributed by atoms with Gasteiger partial charge in [0, 0.05) is 29.8 Å². The van der Waals surface area contributed by atoms with E-state index in [1.165, 1.54) is 0 Å². The van der Waals surface area contributed by atoms with Crippen molar-refractivity contribution in [2.24, 2.45) is 5.73 Å². The van der Waals surface area contributed by atoms with E-state index in [1.807, 2.05) is 55.4 Å². The van der Waals surface area contributed by atoms with Crippen LogP contribution in [0.15, 0.2) is 42.5 Å². The van der Waals surface area contributed by atoms with Crippen LogP contribution in [-0.2, 0) is 0 Å². The SMILES string of the molecule is CN(C)c1ccc(C(N)c2cc(Cl)cc(Cl)c2)cc1. The fourth-order valence-corrected chi connectivity index (χ4v) is 2.47. The van der Waals surface area contributed by atoms with Crippen molar-refractivity contribution >= 4 is 28.9 Å². The molecule has 0 amide bonds. The van der Waals surface area contributed by atoms with Crippen LogP contribution >= 0.6 is 23.2 Å². The number of benzene rings is 2. The lowest BCUT2D eigenvalue weighted by molar-refractivity contribution is 0.871. The molecule has 0 aliphatic heterocycles. The topological polar surface area (TPSA) is 29.3 Å². The Hall–Kier alpha value is -1.22. The van der Waals surface area contributed by atoms with E-state index in [-0.39, 0.29) is 6.04 Å². The molecule has 0 aliphatic carbocycles. The number of rotatable bonds is 3. The summed E-state index contributed by atoms with van der Waals surface area (Å²) in [4.78, 5) is 2.05. The molecule has 0 saturated heterocycles. The van der Waals surface area contributed by atoms with E-state index in [9.17, 15) is 0 Å². The van der Waals surface area contributed by atoms with Gasteiger partial charge in [-0.3, -0.25) is 0 Å². The van der Waals surface area contributed by atoms with Gasteiger partial charge in [-0.15, -0.1) is 0 Å². The van der Waals surface area contributed by atoms with Crippen molar-refractivity contribution in [3.8, 4) is 0 Å². The largest absolute Gasteiger partial charge is 0.378 e. The zero-order valence-electron chi connectivity index (χ0n) is 10.9. The molecule has 1 atom stereocenters. The standard InChI is InChI=1S/C15H16Cl2N2/c1-19(2)14-5-3-10(4-6-14)15(18)11-7-12(16)9-13(17)8-11/h3-9,15H,18H2,1-2H3. The first-order valence-corrected chi connectivity index (χ1v) is 6.72. The highest BCUT2D eigenvalue weighted by molar-refractivity contribution is 6.34. The van der Waals surface area contributed by atoms with Crippen LogP contribution < -0.4 is 10.6 Å². The molecule has 2 aromatic carbocycles. The van der Waals surface area contributed by atoms with Crippen LogP contribution in [0.2, 0.25) is 10.0 Å². The summed E-state index contributed by atoms with van der Waals surface area (Å²) in [6.07, 6.45) is 0. The summed E-state index contributed by atoms with van der Waals surface area (Å²) in [7, 11) is 4.01. The average Bonchev–Trinajstić information content (AvgIpc) is 2.37. The number of anilines is 1. The maximum absolute atomic E-state index is 6.25. The molecular weight excluding hydrogens is 279 g/mol. The smallest absolute Gasteiger partial charge is 0.0552 e. The highest BCUT2D eigenvalue weighted by Gasteiger charge is 2.10. The minimum absolute atomic E-state index is 0.229. The first-order chi connectivity index (χ1) is 8.97. The maximum atomic E-state index is 6.25. The van der Waals surface area contributed by atoms with Gasteiger partial charge in [0.15, 0.2) is 0 Å². The third kappa shape index (κ3) is 3.41. The van der Waals surface area contributed by atoms with Gasteiger partial charge >= 0.3 is 0 Å². The summed E-state index contributed by atoms with van der Waals surface area (Å²) in [6, 6.07) is 13.3. The fourth-order valence-electron chi connectivity index (χ4n) is 1.93. The van der Waals surface area contributed by atoms with Crippen LogP contribution in [-0.4, -0.2) is 14.1 Å². The van der Waals surface area contributed by atoms with Crippen LogP contribution in [0.1, 0.15) is 17.2 Å². The molecule has 2 N–H and O–H groups in total. The Kier molecular flexibility index (Phi) is 4.35. The van der Waals surface area contributed by atoms with E-state index in [0.717, 1.165) is 16.8 Å². The van der Waals surface area contributed by atoms with Crippen molar-refractivity contribution in [1.29, 1.82) is 0 Å². The van der Waals surface area contributed by atoms with Crippen molar-refractivity contribution in [2.45, 2.75) is 6.04 Å². The van der Waals surface area contributed by atoms with Gasteiger partial charge in [0.25, 0.3) is 0 Å². The van der Waals surface area contributed by atoms with Crippen molar-refractivity contribution in [3.05, 3.63) is 63.6 Å². The second kappa shape index (κ2) is 5.83. The van der Waals surface area contributed by atoms with Gasteiger partial charge < -0.3 is 10.6 Å². The third-order valence-corrected chi connectivity index (χ3v) is 3.45. The van der Waals surface area contributed by atoms with E-state index < -0.39 is 0 Å². The van der Waals surface area contributed by atoms with Crippen LogP contribution in [0.3, 0.4) is 0 Å². The van der Waals surface area contributed by atoms with Crippen molar-refractivity contribution < 1.29 is 0 Å². The van der Waals surface area contributed by atoms with Gasteiger partial charge in [0.2, 0.25) is 0 Å². The van der Waals surface area contributed by atoms with Crippen LogP contribution in [0.4, 0.5) is 5.69 Å². The van der Waals surface area contributed by atoms with Crippen molar-refractivity contribution in [1.82, 2.24) is 0 Å².